The highest BCUT2D eigenvalue weighted by atomic mass is 35.5. The number of fused-ring (bicyclic) bond motifs is 1. The Hall–Kier alpha value is -1.44. The molecule has 1 N–H and O–H groups in total. The summed E-state index contributed by atoms with van der Waals surface area (Å²) in [6.45, 7) is 0.145. The van der Waals surface area contributed by atoms with Crippen molar-refractivity contribution in [1.82, 2.24) is 0 Å². The van der Waals surface area contributed by atoms with Gasteiger partial charge in [0.15, 0.2) is 11.5 Å². The van der Waals surface area contributed by atoms with Crippen molar-refractivity contribution in [2.45, 2.75) is 4.21 Å². The minimum atomic E-state index is -3.62. The molecule has 2 aromatic rings. The zero-order valence-corrected chi connectivity index (χ0v) is 11.8. The summed E-state index contributed by atoms with van der Waals surface area (Å²) in [5.41, 5.74) is 0.411. The summed E-state index contributed by atoms with van der Waals surface area (Å²) in [5.74, 6) is 1.12. The lowest BCUT2D eigenvalue weighted by molar-refractivity contribution is 0.174. The van der Waals surface area contributed by atoms with Crippen molar-refractivity contribution in [2.75, 3.05) is 11.5 Å². The third-order valence-electron chi connectivity index (χ3n) is 2.44. The van der Waals surface area contributed by atoms with Crippen molar-refractivity contribution in [3.63, 3.8) is 0 Å². The van der Waals surface area contributed by atoms with Crippen LogP contribution in [0.15, 0.2) is 34.5 Å². The van der Waals surface area contributed by atoms with Gasteiger partial charge in [-0.25, -0.2) is 8.42 Å². The topological polar surface area (TPSA) is 64.6 Å². The molecule has 2 heterocycles. The molecular formula is C11H8ClNO4S2. The fraction of sp³-hybridized carbons (Fsp3) is 0.0909. The Morgan fingerprint density at radius 1 is 1.16 bits per heavy atom. The molecule has 1 aromatic heterocycles. The van der Waals surface area contributed by atoms with Crippen LogP contribution in [0.25, 0.3) is 0 Å². The number of sulfonamides is 1. The van der Waals surface area contributed by atoms with Crippen molar-refractivity contribution >= 4 is 38.6 Å². The van der Waals surface area contributed by atoms with Gasteiger partial charge in [0.05, 0.1) is 10.0 Å². The second kappa shape index (κ2) is 4.59. The molecular weight excluding hydrogens is 310 g/mol. The fourth-order valence-corrected chi connectivity index (χ4v) is 4.14. The summed E-state index contributed by atoms with van der Waals surface area (Å²) in [4.78, 5) is 0. The highest BCUT2D eigenvalue weighted by Gasteiger charge is 2.19. The summed E-state index contributed by atoms with van der Waals surface area (Å²) in [7, 11) is -3.62. The maximum absolute atomic E-state index is 12.1. The standard InChI is InChI=1S/C11H8ClNO4S2/c12-10-3-4-11(18-10)19(14,15)13-7-1-2-8-9(5-7)17-6-16-8/h1-5,13H,6H2. The summed E-state index contributed by atoms with van der Waals surface area (Å²) in [6, 6.07) is 7.85. The van der Waals surface area contributed by atoms with E-state index in [1.54, 1.807) is 24.3 Å². The van der Waals surface area contributed by atoms with Gasteiger partial charge in [-0.1, -0.05) is 11.6 Å². The van der Waals surface area contributed by atoms with Crippen LogP contribution in [0.3, 0.4) is 0 Å². The maximum atomic E-state index is 12.1. The van der Waals surface area contributed by atoms with Gasteiger partial charge in [0, 0.05) is 6.07 Å². The SMILES string of the molecule is O=S(=O)(Nc1ccc2c(c1)OCO2)c1ccc(Cl)s1. The van der Waals surface area contributed by atoms with E-state index in [1.807, 2.05) is 0 Å². The molecule has 0 spiro atoms. The molecule has 100 valence electrons. The van der Waals surface area contributed by atoms with Gasteiger partial charge in [0.25, 0.3) is 10.0 Å². The first-order valence-electron chi connectivity index (χ1n) is 5.22. The minimum absolute atomic E-state index is 0.145. The van der Waals surface area contributed by atoms with Gasteiger partial charge in [-0.05, 0) is 24.3 Å². The monoisotopic (exact) mass is 317 g/mol. The predicted octanol–water partition coefficient (Wildman–Crippen LogP) is 2.93. The zero-order valence-electron chi connectivity index (χ0n) is 9.42. The Labute approximate surface area is 118 Å². The van der Waals surface area contributed by atoms with Crippen LogP contribution in [0.1, 0.15) is 0 Å². The minimum Gasteiger partial charge on any atom is -0.454 e. The maximum Gasteiger partial charge on any atom is 0.271 e. The molecule has 1 aromatic carbocycles. The summed E-state index contributed by atoms with van der Waals surface area (Å²) in [6.07, 6.45) is 0. The molecule has 0 aliphatic carbocycles. The van der Waals surface area contributed by atoms with E-state index in [0.29, 0.717) is 21.5 Å². The summed E-state index contributed by atoms with van der Waals surface area (Å²) < 4.78 is 37.6. The van der Waals surface area contributed by atoms with E-state index in [4.69, 9.17) is 21.1 Å². The number of halogens is 1. The molecule has 5 nitrogen and oxygen atoms in total. The normalized spacial score (nSPS) is 13.5. The molecule has 3 rings (SSSR count). The Balaban J connectivity index is 1.89. The van der Waals surface area contributed by atoms with Gasteiger partial charge in [-0.3, -0.25) is 4.72 Å². The molecule has 0 unspecified atom stereocenters. The molecule has 0 saturated heterocycles. The van der Waals surface area contributed by atoms with Gasteiger partial charge in [0.2, 0.25) is 6.79 Å². The number of rotatable bonds is 3. The molecule has 1 aliphatic heterocycles. The Morgan fingerprint density at radius 2 is 1.95 bits per heavy atom. The van der Waals surface area contributed by atoms with Crippen molar-refractivity contribution < 1.29 is 17.9 Å². The van der Waals surface area contributed by atoms with Gasteiger partial charge in [-0.15, -0.1) is 11.3 Å². The number of thiophene rings is 1. The first-order valence-corrected chi connectivity index (χ1v) is 7.90. The lowest BCUT2D eigenvalue weighted by atomic mass is 10.3. The Morgan fingerprint density at radius 3 is 2.68 bits per heavy atom. The van der Waals surface area contributed by atoms with Crippen LogP contribution in [-0.2, 0) is 10.0 Å². The van der Waals surface area contributed by atoms with Crippen molar-refractivity contribution in [3.8, 4) is 11.5 Å². The van der Waals surface area contributed by atoms with E-state index in [9.17, 15) is 8.42 Å². The molecule has 0 atom stereocenters. The molecule has 19 heavy (non-hydrogen) atoms. The molecule has 0 amide bonds. The smallest absolute Gasteiger partial charge is 0.271 e. The van der Waals surface area contributed by atoms with Crippen molar-refractivity contribution in [1.29, 1.82) is 0 Å². The van der Waals surface area contributed by atoms with Crippen LogP contribution in [0.4, 0.5) is 5.69 Å². The molecule has 0 bridgehead atoms. The van der Waals surface area contributed by atoms with Crippen LogP contribution in [0, 0.1) is 0 Å². The van der Waals surface area contributed by atoms with E-state index < -0.39 is 10.0 Å². The number of ether oxygens (including phenoxy) is 2. The second-order valence-electron chi connectivity index (χ2n) is 3.73. The van der Waals surface area contributed by atoms with E-state index in [2.05, 4.69) is 4.72 Å². The number of hydrogen-bond acceptors (Lipinski definition) is 5. The second-order valence-corrected chi connectivity index (χ2v) is 7.36. The zero-order chi connectivity index (χ0) is 13.5. The quantitative estimate of drug-likeness (QED) is 0.945. The number of hydrogen-bond donors (Lipinski definition) is 1. The number of nitrogens with one attached hydrogen (secondary N) is 1. The Bertz CT molecular complexity index is 726. The lowest BCUT2D eigenvalue weighted by Gasteiger charge is -2.06. The highest BCUT2D eigenvalue weighted by Crippen LogP contribution is 2.35. The first-order chi connectivity index (χ1) is 9.04. The lowest BCUT2D eigenvalue weighted by Crippen LogP contribution is -2.11. The van der Waals surface area contributed by atoms with Crippen molar-refractivity contribution in [3.05, 3.63) is 34.7 Å². The molecule has 0 fully saturated rings. The van der Waals surface area contributed by atoms with E-state index >= 15 is 0 Å². The first kappa shape index (κ1) is 12.6. The molecule has 8 heteroatoms. The van der Waals surface area contributed by atoms with Crippen LogP contribution in [-0.4, -0.2) is 15.2 Å². The van der Waals surface area contributed by atoms with Gasteiger partial charge in [0.1, 0.15) is 4.21 Å². The molecule has 0 radical (unpaired) electrons. The highest BCUT2D eigenvalue weighted by molar-refractivity contribution is 7.94. The van der Waals surface area contributed by atoms with Crippen LogP contribution < -0.4 is 14.2 Å². The van der Waals surface area contributed by atoms with E-state index in [1.165, 1.54) is 6.07 Å². The Kier molecular flexibility index (Phi) is 3.04. The molecule has 1 aliphatic rings. The van der Waals surface area contributed by atoms with Gasteiger partial charge >= 0.3 is 0 Å². The van der Waals surface area contributed by atoms with Crippen molar-refractivity contribution in [2.24, 2.45) is 0 Å². The van der Waals surface area contributed by atoms with Crippen LogP contribution >= 0.6 is 22.9 Å². The number of anilines is 1. The average molecular weight is 318 g/mol. The van der Waals surface area contributed by atoms with Gasteiger partial charge in [-0.2, -0.15) is 0 Å². The third kappa shape index (κ3) is 2.49. The van der Waals surface area contributed by atoms with Gasteiger partial charge < -0.3 is 9.47 Å². The average Bonchev–Trinajstić information content (AvgIpc) is 2.96. The predicted molar refractivity (Wildman–Crippen MR) is 72.7 cm³/mol. The summed E-state index contributed by atoms with van der Waals surface area (Å²) in [5, 5.41) is 0. The fourth-order valence-electron chi connectivity index (χ4n) is 1.61. The van der Waals surface area contributed by atoms with E-state index in [0.717, 1.165) is 11.3 Å². The summed E-state index contributed by atoms with van der Waals surface area (Å²) >= 11 is 6.73. The van der Waals surface area contributed by atoms with E-state index in [-0.39, 0.29) is 11.0 Å². The number of benzene rings is 1. The van der Waals surface area contributed by atoms with Crippen LogP contribution in [0.2, 0.25) is 4.34 Å². The van der Waals surface area contributed by atoms with Crippen LogP contribution in [0.5, 0.6) is 11.5 Å². The largest absolute Gasteiger partial charge is 0.454 e. The molecule has 0 saturated carbocycles. The third-order valence-corrected chi connectivity index (χ3v) is 5.54.